The smallest absolute Gasteiger partial charge is 0.0675 e. The summed E-state index contributed by atoms with van der Waals surface area (Å²) >= 11 is 0. The maximum Gasteiger partial charge on any atom is 0.0675 e. The summed E-state index contributed by atoms with van der Waals surface area (Å²) in [5.74, 6) is 0.860. The van der Waals surface area contributed by atoms with E-state index in [1.54, 1.807) is 6.92 Å². The topological polar surface area (TPSA) is 49.5 Å². The van der Waals surface area contributed by atoms with Gasteiger partial charge in [0.2, 0.25) is 0 Å². The Morgan fingerprint density at radius 1 is 1.46 bits per heavy atom. The molecule has 0 bridgehead atoms. The molecule has 0 aromatic rings. The number of nitrogens with zero attached hydrogens (tertiary/aromatic N) is 1. The van der Waals surface area contributed by atoms with E-state index in [2.05, 4.69) is 11.8 Å². The summed E-state index contributed by atoms with van der Waals surface area (Å²) in [5, 5.41) is 9.25. The SMILES string of the molecule is CC1CCN(CC(N)C(C)O)CC1. The van der Waals surface area contributed by atoms with E-state index in [1.807, 2.05) is 0 Å². The standard InChI is InChI=1S/C10H22N2O/c1-8-3-5-12(6-4-8)7-10(11)9(2)13/h8-10,13H,3-7,11H2,1-2H3. The van der Waals surface area contributed by atoms with Crippen molar-refractivity contribution in [3.05, 3.63) is 0 Å². The predicted molar refractivity (Wildman–Crippen MR) is 54.5 cm³/mol. The van der Waals surface area contributed by atoms with E-state index < -0.39 is 0 Å². The van der Waals surface area contributed by atoms with Gasteiger partial charge in [0.25, 0.3) is 0 Å². The molecule has 0 saturated carbocycles. The van der Waals surface area contributed by atoms with E-state index in [9.17, 15) is 5.11 Å². The average Bonchev–Trinajstić information content (AvgIpc) is 2.08. The van der Waals surface area contributed by atoms with Crippen molar-refractivity contribution in [1.29, 1.82) is 0 Å². The fourth-order valence-electron chi connectivity index (χ4n) is 1.70. The van der Waals surface area contributed by atoms with Gasteiger partial charge in [0, 0.05) is 12.6 Å². The van der Waals surface area contributed by atoms with E-state index in [-0.39, 0.29) is 12.1 Å². The van der Waals surface area contributed by atoms with Crippen molar-refractivity contribution in [3.8, 4) is 0 Å². The van der Waals surface area contributed by atoms with Gasteiger partial charge in [0.1, 0.15) is 0 Å². The van der Waals surface area contributed by atoms with Crippen LogP contribution in [-0.4, -0.2) is 41.8 Å². The third-order valence-corrected chi connectivity index (χ3v) is 2.96. The van der Waals surface area contributed by atoms with Crippen molar-refractivity contribution in [2.75, 3.05) is 19.6 Å². The minimum atomic E-state index is -0.389. The van der Waals surface area contributed by atoms with Crippen molar-refractivity contribution < 1.29 is 5.11 Å². The first-order valence-corrected chi connectivity index (χ1v) is 5.25. The quantitative estimate of drug-likeness (QED) is 0.672. The van der Waals surface area contributed by atoms with Crippen molar-refractivity contribution >= 4 is 0 Å². The van der Waals surface area contributed by atoms with Gasteiger partial charge < -0.3 is 15.7 Å². The third-order valence-electron chi connectivity index (χ3n) is 2.96. The second kappa shape index (κ2) is 4.94. The number of aliphatic hydroxyl groups is 1. The molecule has 1 heterocycles. The molecular formula is C10H22N2O. The number of rotatable bonds is 3. The summed E-state index contributed by atoms with van der Waals surface area (Å²) in [6.45, 7) is 7.18. The Labute approximate surface area is 80.9 Å². The van der Waals surface area contributed by atoms with Crippen LogP contribution >= 0.6 is 0 Å². The normalized spacial score (nSPS) is 25.8. The lowest BCUT2D eigenvalue weighted by Crippen LogP contribution is -2.46. The van der Waals surface area contributed by atoms with Crippen LogP contribution in [0.3, 0.4) is 0 Å². The summed E-state index contributed by atoms with van der Waals surface area (Å²) in [6, 6.07) is -0.0894. The van der Waals surface area contributed by atoms with Crippen molar-refractivity contribution in [1.82, 2.24) is 4.90 Å². The maximum atomic E-state index is 9.25. The highest BCUT2D eigenvalue weighted by Gasteiger charge is 2.19. The monoisotopic (exact) mass is 186 g/mol. The number of piperidine rings is 1. The van der Waals surface area contributed by atoms with Gasteiger partial charge in [-0.15, -0.1) is 0 Å². The van der Waals surface area contributed by atoms with Crippen molar-refractivity contribution in [2.45, 2.75) is 38.8 Å². The van der Waals surface area contributed by atoms with Crippen LogP contribution in [0.1, 0.15) is 26.7 Å². The largest absolute Gasteiger partial charge is 0.392 e. The Bertz CT molecular complexity index is 142. The highest BCUT2D eigenvalue weighted by Crippen LogP contribution is 2.15. The van der Waals surface area contributed by atoms with Gasteiger partial charge in [-0.3, -0.25) is 0 Å². The fourth-order valence-corrected chi connectivity index (χ4v) is 1.70. The Balaban J connectivity index is 2.22. The lowest BCUT2D eigenvalue weighted by Gasteiger charge is -2.32. The van der Waals surface area contributed by atoms with E-state index in [0.29, 0.717) is 0 Å². The zero-order chi connectivity index (χ0) is 9.84. The zero-order valence-corrected chi connectivity index (χ0v) is 8.74. The molecule has 0 spiro atoms. The molecule has 78 valence electrons. The summed E-state index contributed by atoms with van der Waals surface area (Å²) < 4.78 is 0. The van der Waals surface area contributed by atoms with Crippen molar-refractivity contribution in [3.63, 3.8) is 0 Å². The maximum absolute atomic E-state index is 9.25. The van der Waals surface area contributed by atoms with Crippen LogP contribution in [0.5, 0.6) is 0 Å². The first-order valence-electron chi connectivity index (χ1n) is 5.25. The van der Waals surface area contributed by atoms with Crippen LogP contribution in [0.4, 0.5) is 0 Å². The Hall–Kier alpha value is -0.120. The Kier molecular flexibility index (Phi) is 4.16. The molecule has 2 unspecified atom stereocenters. The molecule has 2 atom stereocenters. The molecule has 3 nitrogen and oxygen atoms in total. The second-order valence-corrected chi connectivity index (χ2v) is 4.39. The average molecular weight is 186 g/mol. The highest BCUT2D eigenvalue weighted by molar-refractivity contribution is 4.76. The van der Waals surface area contributed by atoms with Crippen LogP contribution in [0, 0.1) is 5.92 Å². The molecule has 1 aliphatic rings. The zero-order valence-electron chi connectivity index (χ0n) is 8.74. The number of hydrogen-bond acceptors (Lipinski definition) is 3. The van der Waals surface area contributed by atoms with Crippen LogP contribution in [0.2, 0.25) is 0 Å². The number of likely N-dealkylation sites (tertiary alicyclic amines) is 1. The van der Waals surface area contributed by atoms with E-state index in [0.717, 1.165) is 25.6 Å². The molecule has 0 amide bonds. The molecule has 3 heteroatoms. The molecule has 0 aromatic carbocycles. The molecule has 13 heavy (non-hydrogen) atoms. The predicted octanol–water partition coefficient (Wildman–Crippen LogP) is 0.426. The lowest BCUT2D eigenvalue weighted by molar-refractivity contribution is 0.116. The van der Waals surface area contributed by atoms with Crippen LogP contribution in [0.15, 0.2) is 0 Å². The van der Waals surface area contributed by atoms with Gasteiger partial charge in [0.15, 0.2) is 0 Å². The number of nitrogens with two attached hydrogens (primary N) is 1. The lowest BCUT2D eigenvalue weighted by atomic mass is 9.98. The van der Waals surface area contributed by atoms with Gasteiger partial charge >= 0.3 is 0 Å². The molecule has 1 saturated heterocycles. The van der Waals surface area contributed by atoms with Gasteiger partial charge in [0.05, 0.1) is 6.10 Å². The first-order chi connectivity index (χ1) is 6.09. The van der Waals surface area contributed by atoms with Gasteiger partial charge in [-0.1, -0.05) is 6.92 Å². The van der Waals surface area contributed by atoms with Crippen LogP contribution in [-0.2, 0) is 0 Å². The minimum Gasteiger partial charge on any atom is -0.392 e. The van der Waals surface area contributed by atoms with Gasteiger partial charge in [-0.05, 0) is 38.8 Å². The second-order valence-electron chi connectivity index (χ2n) is 4.39. The minimum absolute atomic E-state index is 0.0894. The first kappa shape index (κ1) is 11.0. The van der Waals surface area contributed by atoms with Crippen molar-refractivity contribution in [2.24, 2.45) is 11.7 Å². The molecule has 1 fully saturated rings. The third kappa shape index (κ3) is 3.63. The van der Waals surface area contributed by atoms with Gasteiger partial charge in [-0.2, -0.15) is 0 Å². The van der Waals surface area contributed by atoms with E-state index in [1.165, 1.54) is 12.8 Å². The molecule has 1 aliphatic heterocycles. The Morgan fingerprint density at radius 2 is 2.00 bits per heavy atom. The summed E-state index contributed by atoms with van der Waals surface area (Å²) in [7, 11) is 0. The molecule has 1 rings (SSSR count). The molecule has 0 aliphatic carbocycles. The number of hydrogen-bond donors (Lipinski definition) is 2. The van der Waals surface area contributed by atoms with E-state index >= 15 is 0 Å². The summed E-state index contributed by atoms with van der Waals surface area (Å²) in [6.07, 6.45) is 2.15. The number of aliphatic hydroxyl groups excluding tert-OH is 1. The molecule has 3 N–H and O–H groups in total. The highest BCUT2D eigenvalue weighted by atomic mass is 16.3. The fraction of sp³-hybridized carbons (Fsp3) is 1.00. The van der Waals surface area contributed by atoms with Crippen LogP contribution in [0.25, 0.3) is 0 Å². The molecule has 0 aromatic heterocycles. The van der Waals surface area contributed by atoms with Gasteiger partial charge in [-0.25, -0.2) is 0 Å². The van der Waals surface area contributed by atoms with Crippen LogP contribution < -0.4 is 5.73 Å². The summed E-state index contributed by atoms with van der Waals surface area (Å²) in [5.41, 5.74) is 5.79. The Morgan fingerprint density at radius 3 is 2.46 bits per heavy atom. The molecular weight excluding hydrogens is 164 g/mol. The van der Waals surface area contributed by atoms with E-state index in [4.69, 9.17) is 5.73 Å². The summed E-state index contributed by atoms with van der Waals surface area (Å²) in [4.78, 5) is 2.36. The molecule has 0 radical (unpaired) electrons.